The van der Waals surface area contributed by atoms with E-state index in [1.165, 1.54) is 0 Å². The first-order valence-electron chi connectivity index (χ1n) is 9.90. The molecule has 6 nitrogen and oxygen atoms in total. The summed E-state index contributed by atoms with van der Waals surface area (Å²) < 4.78 is 42.5. The second-order valence-corrected chi connectivity index (χ2v) is 8.05. The van der Waals surface area contributed by atoms with Gasteiger partial charge in [0, 0.05) is 44.1 Å². The highest BCUT2D eigenvalue weighted by atomic mass is 19.2. The van der Waals surface area contributed by atoms with Crippen molar-refractivity contribution >= 4 is 5.91 Å². The number of carbonyl (C=O) groups is 1. The molecule has 0 spiro atoms. The lowest BCUT2D eigenvalue weighted by molar-refractivity contribution is -0.134. The van der Waals surface area contributed by atoms with Gasteiger partial charge >= 0.3 is 0 Å². The van der Waals surface area contributed by atoms with Gasteiger partial charge < -0.3 is 15.2 Å². The second-order valence-electron chi connectivity index (χ2n) is 8.05. The van der Waals surface area contributed by atoms with Crippen LogP contribution in [0.4, 0.5) is 13.2 Å². The monoisotopic (exact) mass is 407 g/mol. The maximum absolute atomic E-state index is 13.8. The number of fused-ring (bicyclic) bond motifs is 3. The van der Waals surface area contributed by atoms with E-state index in [0.29, 0.717) is 31.1 Å². The molecule has 0 bridgehead atoms. The van der Waals surface area contributed by atoms with Gasteiger partial charge in [0.15, 0.2) is 11.6 Å². The number of halogens is 3. The zero-order chi connectivity index (χ0) is 20.7. The Kier molecular flexibility index (Phi) is 5.33. The van der Waals surface area contributed by atoms with Crippen LogP contribution in [0.25, 0.3) is 0 Å². The number of nitrogens with zero attached hydrogens (tertiary/aromatic N) is 4. The van der Waals surface area contributed by atoms with E-state index in [2.05, 4.69) is 14.8 Å². The van der Waals surface area contributed by atoms with Gasteiger partial charge in [-0.2, -0.15) is 0 Å². The molecule has 3 heterocycles. The van der Waals surface area contributed by atoms with Crippen molar-refractivity contribution in [2.75, 3.05) is 13.1 Å². The van der Waals surface area contributed by atoms with Crippen molar-refractivity contribution in [1.29, 1.82) is 0 Å². The Labute approximate surface area is 166 Å². The number of aryl methyl sites for hydroxylation is 2. The largest absolute Gasteiger partial charge is 0.342 e. The average Bonchev–Trinajstić information content (AvgIpc) is 3.07. The van der Waals surface area contributed by atoms with E-state index in [4.69, 9.17) is 5.73 Å². The molecule has 1 amide bonds. The molecule has 4 rings (SSSR count). The van der Waals surface area contributed by atoms with E-state index in [-0.39, 0.29) is 24.3 Å². The van der Waals surface area contributed by atoms with Gasteiger partial charge in [0.1, 0.15) is 17.5 Å². The lowest BCUT2D eigenvalue weighted by Crippen LogP contribution is -2.47. The molecule has 2 aliphatic rings. The summed E-state index contributed by atoms with van der Waals surface area (Å²) in [6.07, 6.45) is 2.64. The Morgan fingerprint density at radius 3 is 2.76 bits per heavy atom. The maximum Gasteiger partial charge on any atom is 0.224 e. The van der Waals surface area contributed by atoms with Gasteiger partial charge in [-0.05, 0) is 43.7 Å². The SMILES string of the molecule is Cc1nnc2n1[C@@H]1CCN(C(=O)C[C@H](N)Cc3cc(F)c(F)cc3F)C[C@@H]1CC2. The molecule has 2 N–H and O–H groups in total. The first kappa shape index (κ1) is 19.9. The lowest BCUT2D eigenvalue weighted by atomic mass is 9.85. The minimum Gasteiger partial charge on any atom is -0.342 e. The molecule has 0 radical (unpaired) electrons. The molecule has 9 heteroatoms. The fraction of sp³-hybridized carbons (Fsp3) is 0.550. The van der Waals surface area contributed by atoms with Gasteiger partial charge in [-0.15, -0.1) is 10.2 Å². The molecule has 2 aliphatic heterocycles. The van der Waals surface area contributed by atoms with Crippen LogP contribution in [-0.4, -0.2) is 44.7 Å². The molecule has 3 atom stereocenters. The molecule has 1 saturated heterocycles. The number of rotatable bonds is 4. The first-order valence-corrected chi connectivity index (χ1v) is 9.90. The zero-order valence-corrected chi connectivity index (χ0v) is 16.2. The number of amides is 1. The summed E-state index contributed by atoms with van der Waals surface area (Å²) in [7, 11) is 0. The first-order chi connectivity index (χ1) is 13.8. The van der Waals surface area contributed by atoms with Crippen LogP contribution in [0.2, 0.25) is 0 Å². The molecule has 2 aromatic rings. The quantitative estimate of drug-likeness (QED) is 0.789. The van der Waals surface area contributed by atoms with Gasteiger partial charge in [-0.3, -0.25) is 4.79 Å². The van der Waals surface area contributed by atoms with E-state index in [0.717, 1.165) is 37.0 Å². The second kappa shape index (κ2) is 7.78. The maximum atomic E-state index is 13.8. The molecule has 156 valence electrons. The average molecular weight is 407 g/mol. The Morgan fingerprint density at radius 1 is 1.21 bits per heavy atom. The summed E-state index contributed by atoms with van der Waals surface area (Å²) in [5.41, 5.74) is 6.00. The van der Waals surface area contributed by atoms with Crippen molar-refractivity contribution in [3.8, 4) is 0 Å². The predicted molar refractivity (Wildman–Crippen MR) is 99.4 cm³/mol. The van der Waals surface area contributed by atoms with E-state index < -0.39 is 23.5 Å². The summed E-state index contributed by atoms with van der Waals surface area (Å²) in [6.45, 7) is 3.21. The molecule has 0 unspecified atom stereocenters. The normalized spacial score (nSPS) is 22.2. The van der Waals surface area contributed by atoms with Gasteiger partial charge in [0.2, 0.25) is 5.91 Å². The summed E-state index contributed by atoms with van der Waals surface area (Å²) in [5, 5.41) is 8.41. The van der Waals surface area contributed by atoms with Gasteiger partial charge in [0.05, 0.1) is 0 Å². The van der Waals surface area contributed by atoms with Gasteiger partial charge in [0.25, 0.3) is 0 Å². The highest BCUT2D eigenvalue weighted by Crippen LogP contribution is 2.37. The molecular formula is C20H24F3N5O. The number of likely N-dealkylation sites (tertiary alicyclic amines) is 1. The lowest BCUT2D eigenvalue weighted by Gasteiger charge is -2.42. The molecule has 1 fully saturated rings. The highest BCUT2D eigenvalue weighted by Gasteiger charge is 2.37. The Balaban J connectivity index is 1.36. The standard InChI is InChI=1S/C20H24F3N5O/c1-11-25-26-19-3-2-12-10-27(5-4-18(12)28(11)19)20(29)8-14(24)6-13-7-16(22)17(23)9-15(13)21/h7,9,12,14,18H,2-6,8,10,24H2,1H3/t12-,14+,18+/m0/s1. The molecule has 1 aromatic carbocycles. The van der Waals surface area contributed by atoms with Crippen LogP contribution in [0.3, 0.4) is 0 Å². The van der Waals surface area contributed by atoms with E-state index in [1.807, 2.05) is 11.8 Å². The van der Waals surface area contributed by atoms with Crippen LogP contribution in [0.15, 0.2) is 12.1 Å². The number of piperidine rings is 1. The van der Waals surface area contributed by atoms with Gasteiger partial charge in [-0.25, -0.2) is 13.2 Å². The number of hydrogen-bond acceptors (Lipinski definition) is 4. The Bertz CT molecular complexity index is 931. The highest BCUT2D eigenvalue weighted by molar-refractivity contribution is 5.77. The topological polar surface area (TPSA) is 77.0 Å². The molecule has 0 saturated carbocycles. The minimum atomic E-state index is -1.24. The number of nitrogens with two attached hydrogens (primary N) is 1. The molecule has 1 aromatic heterocycles. The Hall–Kier alpha value is -2.42. The summed E-state index contributed by atoms with van der Waals surface area (Å²) in [5.74, 6) is -1.04. The third-order valence-corrected chi connectivity index (χ3v) is 6.06. The van der Waals surface area contributed by atoms with Crippen molar-refractivity contribution in [2.45, 2.75) is 51.1 Å². The van der Waals surface area contributed by atoms with Crippen LogP contribution in [0.1, 0.15) is 42.5 Å². The number of benzene rings is 1. The van der Waals surface area contributed by atoms with Gasteiger partial charge in [-0.1, -0.05) is 0 Å². The molecule has 29 heavy (non-hydrogen) atoms. The van der Waals surface area contributed by atoms with Crippen LogP contribution < -0.4 is 5.73 Å². The number of hydrogen-bond donors (Lipinski definition) is 1. The van der Waals surface area contributed by atoms with Crippen LogP contribution >= 0.6 is 0 Å². The van der Waals surface area contributed by atoms with Crippen LogP contribution in [0.5, 0.6) is 0 Å². The summed E-state index contributed by atoms with van der Waals surface area (Å²) >= 11 is 0. The molecule has 0 aliphatic carbocycles. The predicted octanol–water partition coefficient (Wildman–Crippen LogP) is 2.30. The third-order valence-electron chi connectivity index (χ3n) is 6.06. The molecular weight excluding hydrogens is 383 g/mol. The van der Waals surface area contributed by atoms with Crippen molar-refractivity contribution in [3.05, 3.63) is 46.8 Å². The van der Waals surface area contributed by atoms with Crippen molar-refractivity contribution in [1.82, 2.24) is 19.7 Å². The Morgan fingerprint density at radius 2 is 1.97 bits per heavy atom. The van der Waals surface area contributed by atoms with Crippen molar-refractivity contribution in [3.63, 3.8) is 0 Å². The fourth-order valence-electron chi connectivity index (χ4n) is 4.63. The van der Waals surface area contributed by atoms with Crippen LogP contribution in [0, 0.1) is 30.3 Å². The van der Waals surface area contributed by atoms with Crippen molar-refractivity contribution in [2.24, 2.45) is 11.7 Å². The van der Waals surface area contributed by atoms with E-state index in [1.54, 1.807) is 0 Å². The third kappa shape index (κ3) is 3.88. The summed E-state index contributed by atoms with van der Waals surface area (Å²) in [6, 6.07) is 0.955. The van der Waals surface area contributed by atoms with Crippen molar-refractivity contribution < 1.29 is 18.0 Å². The smallest absolute Gasteiger partial charge is 0.224 e. The fourth-order valence-corrected chi connectivity index (χ4v) is 4.63. The summed E-state index contributed by atoms with van der Waals surface area (Å²) in [4.78, 5) is 14.5. The zero-order valence-electron chi connectivity index (χ0n) is 16.2. The van der Waals surface area contributed by atoms with E-state index in [9.17, 15) is 18.0 Å². The number of aromatic nitrogens is 3. The van der Waals surface area contributed by atoms with E-state index >= 15 is 0 Å². The number of carbonyl (C=O) groups excluding carboxylic acids is 1. The minimum absolute atomic E-state index is 0.0224. The van der Waals surface area contributed by atoms with Crippen LogP contribution in [-0.2, 0) is 17.6 Å².